The van der Waals surface area contributed by atoms with Crippen molar-refractivity contribution < 1.29 is 26.0 Å². The Hall–Kier alpha value is -1.13. The number of sulfonamides is 1. The van der Waals surface area contributed by atoms with E-state index in [0.717, 1.165) is 19.2 Å². The second-order valence-electron chi connectivity index (χ2n) is 4.42. The minimum atomic E-state index is -4.41. The lowest BCUT2D eigenvalue weighted by atomic mass is 10.4. The van der Waals surface area contributed by atoms with Crippen molar-refractivity contribution in [3.8, 4) is 0 Å². The summed E-state index contributed by atoms with van der Waals surface area (Å²) in [5.74, 6) is -4.41. The molecule has 0 saturated carbocycles. The molecule has 3 N–H and O–H groups in total. The first kappa shape index (κ1) is 17.9. The van der Waals surface area contributed by atoms with Gasteiger partial charge in [0.05, 0.1) is 11.4 Å². The summed E-state index contributed by atoms with van der Waals surface area (Å²) >= 11 is 0. The number of alkyl halides is 4. The number of rotatable bonds is 9. The van der Waals surface area contributed by atoms with E-state index in [0.29, 0.717) is 12.2 Å². The lowest BCUT2D eigenvalue weighted by Gasteiger charge is -2.15. The molecule has 0 aromatic carbocycles. The monoisotopic (exact) mass is 331 g/mol. The van der Waals surface area contributed by atoms with Crippen LogP contribution in [0.25, 0.3) is 0 Å². The van der Waals surface area contributed by atoms with Crippen LogP contribution in [0.4, 0.5) is 17.6 Å². The van der Waals surface area contributed by atoms with Gasteiger partial charge in [-0.2, -0.15) is 8.78 Å². The smallest absolute Gasteiger partial charge is 0.320 e. The number of H-pyrrole nitrogens is 1. The van der Waals surface area contributed by atoms with Crippen molar-refractivity contribution in [1.82, 2.24) is 15.0 Å². The molecule has 0 atom stereocenters. The van der Waals surface area contributed by atoms with Crippen LogP contribution in [0.1, 0.15) is 19.0 Å². The van der Waals surface area contributed by atoms with Gasteiger partial charge in [-0.05, 0) is 19.0 Å². The molecule has 21 heavy (non-hydrogen) atoms. The van der Waals surface area contributed by atoms with Crippen LogP contribution < -0.4 is 10.0 Å². The van der Waals surface area contributed by atoms with Gasteiger partial charge in [0.1, 0.15) is 0 Å². The maximum atomic E-state index is 12.7. The molecule has 5 nitrogen and oxygen atoms in total. The third kappa shape index (κ3) is 5.29. The fourth-order valence-electron chi connectivity index (χ4n) is 1.43. The summed E-state index contributed by atoms with van der Waals surface area (Å²) in [6.07, 6.45) is -1.91. The highest BCUT2D eigenvalue weighted by Crippen LogP contribution is 2.22. The van der Waals surface area contributed by atoms with Crippen LogP contribution in [0.15, 0.2) is 17.2 Å². The van der Waals surface area contributed by atoms with E-state index in [1.807, 2.05) is 6.92 Å². The van der Waals surface area contributed by atoms with Crippen molar-refractivity contribution in [3.05, 3.63) is 18.0 Å². The Balaban J connectivity index is 2.66. The molecule has 0 aliphatic heterocycles. The highest BCUT2D eigenvalue weighted by atomic mass is 32.2. The van der Waals surface area contributed by atoms with Crippen LogP contribution in [-0.2, 0) is 16.6 Å². The predicted octanol–water partition coefficient (Wildman–Crippen LogP) is 1.69. The van der Waals surface area contributed by atoms with Crippen molar-refractivity contribution in [3.63, 3.8) is 0 Å². The molecule has 0 spiro atoms. The molecule has 0 fully saturated rings. The summed E-state index contributed by atoms with van der Waals surface area (Å²) in [6, 6.07) is 1.26. The summed E-state index contributed by atoms with van der Waals surface area (Å²) in [5.41, 5.74) is 0.546. The largest absolute Gasteiger partial charge is 0.363 e. The SMILES string of the molecule is CCCNCc1cc(S(=O)(=O)NCC(F)(F)C(F)F)c[nH]1. The Labute approximate surface area is 120 Å². The molecule has 10 heteroatoms. The second-order valence-corrected chi connectivity index (χ2v) is 6.19. The summed E-state index contributed by atoms with van der Waals surface area (Å²) in [7, 11) is -4.26. The number of hydrogen-bond acceptors (Lipinski definition) is 3. The van der Waals surface area contributed by atoms with Gasteiger partial charge in [0.25, 0.3) is 0 Å². The van der Waals surface area contributed by atoms with Crippen LogP contribution in [0.5, 0.6) is 0 Å². The van der Waals surface area contributed by atoms with E-state index in [4.69, 9.17) is 0 Å². The van der Waals surface area contributed by atoms with Crippen molar-refractivity contribution in [1.29, 1.82) is 0 Å². The molecular formula is C11H17F4N3O2S. The zero-order valence-corrected chi connectivity index (χ0v) is 12.1. The van der Waals surface area contributed by atoms with Crippen molar-refractivity contribution >= 4 is 10.0 Å². The predicted molar refractivity (Wildman–Crippen MR) is 68.9 cm³/mol. The van der Waals surface area contributed by atoms with Crippen LogP contribution >= 0.6 is 0 Å². The molecule has 1 rings (SSSR count). The zero-order valence-electron chi connectivity index (χ0n) is 11.3. The Morgan fingerprint density at radius 3 is 2.62 bits per heavy atom. The van der Waals surface area contributed by atoms with Gasteiger partial charge < -0.3 is 10.3 Å². The topological polar surface area (TPSA) is 74.0 Å². The molecule has 122 valence electrons. The molecule has 0 amide bonds. The summed E-state index contributed by atoms with van der Waals surface area (Å²) < 4.78 is 74.3. The van der Waals surface area contributed by atoms with Gasteiger partial charge in [0, 0.05) is 18.4 Å². The minimum absolute atomic E-state index is 0.277. The van der Waals surface area contributed by atoms with Gasteiger partial charge >= 0.3 is 12.3 Å². The van der Waals surface area contributed by atoms with E-state index in [1.54, 1.807) is 0 Å². The lowest BCUT2D eigenvalue weighted by molar-refractivity contribution is -0.122. The van der Waals surface area contributed by atoms with E-state index < -0.39 is 28.9 Å². The van der Waals surface area contributed by atoms with Gasteiger partial charge in [0.15, 0.2) is 0 Å². The number of aromatic nitrogens is 1. The molecular weight excluding hydrogens is 314 g/mol. The number of hydrogen-bond donors (Lipinski definition) is 3. The van der Waals surface area contributed by atoms with E-state index in [1.165, 1.54) is 10.8 Å². The van der Waals surface area contributed by atoms with Crippen molar-refractivity contribution in [2.45, 2.75) is 37.1 Å². The Kier molecular flexibility index (Phi) is 6.17. The Bertz CT molecular complexity index is 545. The summed E-state index contributed by atoms with van der Waals surface area (Å²) in [6.45, 7) is 1.43. The number of halogens is 4. The quantitative estimate of drug-likeness (QED) is 0.476. The van der Waals surface area contributed by atoms with Crippen LogP contribution in [-0.4, -0.2) is 38.8 Å². The first-order valence-corrected chi connectivity index (χ1v) is 7.71. The molecule has 0 bridgehead atoms. The van der Waals surface area contributed by atoms with Gasteiger partial charge in [-0.3, -0.25) is 0 Å². The molecule has 1 heterocycles. The van der Waals surface area contributed by atoms with E-state index in [-0.39, 0.29) is 4.90 Å². The van der Waals surface area contributed by atoms with Gasteiger partial charge in [-0.25, -0.2) is 21.9 Å². The first-order chi connectivity index (χ1) is 9.69. The molecule has 0 aliphatic carbocycles. The average Bonchev–Trinajstić information content (AvgIpc) is 2.86. The molecule has 0 unspecified atom stereocenters. The van der Waals surface area contributed by atoms with Crippen molar-refractivity contribution in [2.24, 2.45) is 0 Å². The lowest BCUT2D eigenvalue weighted by Crippen LogP contribution is -2.41. The van der Waals surface area contributed by atoms with E-state index >= 15 is 0 Å². The third-order valence-corrected chi connectivity index (χ3v) is 3.97. The van der Waals surface area contributed by atoms with E-state index in [2.05, 4.69) is 10.3 Å². The van der Waals surface area contributed by atoms with Crippen LogP contribution in [0.3, 0.4) is 0 Å². The molecule has 1 aromatic rings. The second kappa shape index (κ2) is 7.23. The van der Waals surface area contributed by atoms with Crippen LogP contribution in [0.2, 0.25) is 0 Å². The van der Waals surface area contributed by atoms with Crippen molar-refractivity contribution in [2.75, 3.05) is 13.1 Å². The normalized spacial score (nSPS) is 13.0. The third-order valence-electron chi connectivity index (χ3n) is 2.59. The summed E-state index contributed by atoms with van der Waals surface area (Å²) in [4.78, 5) is 2.40. The first-order valence-electron chi connectivity index (χ1n) is 6.22. The Morgan fingerprint density at radius 1 is 1.38 bits per heavy atom. The molecule has 0 radical (unpaired) electrons. The standard InChI is InChI=1S/C11H17F4N3O2S/c1-2-3-16-5-8-4-9(6-17-8)21(19,20)18-7-11(14,15)10(12)13/h4,6,10,16-18H,2-3,5,7H2,1H3. The highest BCUT2D eigenvalue weighted by Gasteiger charge is 2.41. The summed E-state index contributed by atoms with van der Waals surface area (Å²) in [5, 5.41) is 3.02. The van der Waals surface area contributed by atoms with Gasteiger partial charge in [-0.1, -0.05) is 6.92 Å². The fourth-order valence-corrected chi connectivity index (χ4v) is 2.49. The Morgan fingerprint density at radius 2 is 2.05 bits per heavy atom. The maximum absolute atomic E-state index is 12.7. The molecule has 1 aromatic heterocycles. The van der Waals surface area contributed by atoms with Crippen LogP contribution in [0, 0.1) is 0 Å². The van der Waals surface area contributed by atoms with Gasteiger partial charge in [-0.15, -0.1) is 0 Å². The van der Waals surface area contributed by atoms with E-state index in [9.17, 15) is 26.0 Å². The maximum Gasteiger partial charge on any atom is 0.320 e. The van der Waals surface area contributed by atoms with Gasteiger partial charge in [0.2, 0.25) is 10.0 Å². The molecule has 0 saturated heterocycles. The number of aromatic amines is 1. The average molecular weight is 331 g/mol. The number of nitrogens with one attached hydrogen (secondary N) is 3. The molecule has 0 aliphatic rings. The fraction of sp³-hybridized carbons (Fsp3) is 0.636. The zero-order chi connectivity index (χ0) is 16.1. The highest BCUT2D eigenvalue weighted by molar-refractivity contribution is 7.89. The minimum Gasteiger partial charge on any atom is -0.363 e.